The number of hydrogen-bond donors (Lipinski definition) is 3. The molecule has 4 aromatic rings. The number of benzene rings is 4. The van der Waals surface area contributed by atoms with Gasteiger partial charge in [0.1, 0.15) is 57.7 Å². The Morgan fingerprint density at radius 1 is 1.04 bits per heavy atom. The van der Waals surface area contributed by atoms with Crippen molar-refractivity contribution in [2.45, 2.75) is 32.4 Å². The molecule has 0 spiro atoms. The standard InChI is InChI=1S/C35H27ClFNO8/c1-17(39)29-24(40)14-28-35(2,33(29)42)31-25(41)13-27(44-3)30(32(31)46-28)34(43)38-15-19-9-11-26(21-7-5-4-6-20(19)21)45-16-18-8-10-23(37)22(36)12-18/h4-14,40-41H,15-16H2,1-3H3,(H,38,43)/t35-/m1/s1. The van der Waals surface area contributed by atoms with Gasteiger partial charge in [0.15, 0.2) is 17.3 Å². The normalized spacial score (nSPS) is 16.8. The maximum absolute atomic E-state index is 13.8. The van der Waals surface area contributed by atoms with Gasteiger partial charge in [0.25, 0.3) is 5.91 Å². The first kappa shape index (κ1) is 30.7. The molecule has 4 aromatic carbocycles. The minimum absolute atomic E-state index is 0.00479. The summed E-state index contributed by atoms with van der Waals surface area (Å²) in [5.74, 6) is -3.09. The molecular weight excluding hydrogens is 617 g/mol. The minimum atomic E-state index is -1.67. The molecule has 46 heavy (non-hydrogen) atoms. The average molecular weight is 644 g/mol. The van der Waals surface area contributed by atoms with E-state index in [4.69, 9.17) is 25.8 Å². The first-order valence-corrected chi connectivity index (χ1v) is 14.5. The largest absolute Gasteiger partial charge is 0.507 e. The Labute approximate surface area is 267 Å². The molecule has 1 heterocycles. The molecule has 0 saturated heterocycles. The van der Waals surface area contributed by atoms with Gasteiger partial charge in [-0.2, -0.15) is 0 Å². The number of carbonyl (C=O) groups excluding carboxylic acids is 3. The zero-order valence-electron chi connectivity index (χ0n) is 24.9. The van der Waals surface area contributed by atoms with Crippen LogP contribution in [0.5, 0.6) is 23.0 Å². The lowest BCUT2D eigenvalue weighted by atomic mass is 9.71. The van der Waals surface area contributed by atoms with E-state index in [0.29, 0.717) is 11.3 Å². The number of ketones is 2. The highest BCUT2D eigenvalue weighted by Crippen LogP contribution is 2.56. The molecule has 1 aliphatic heterocycles. The van der Waals surface area contributed by atoms with Crippen molar-refractivity contribution in [2.24, 2.45) is 0 Å². The molecule has 6 rings (SSSR count). The Kier molecular flexibility index (Phi) is 7.69. The lowest BCUT2D eigenvalue weighted by molar-refractivity contribution is -0.123. The fourth-order valence-electron chi connectivity index (χ4n) is 5.89. The van der Waals surface area contributed by atoms with E-state index < -0.39 is 40.0 Å². The molecule has 0 radical (unpaired) electrons. The van der Waals surface area contributed by atoms with E-state index >= 15 is 0 Å². The van der Waals surface area contributed by atoms with Crippen LogP contribution in [0.4, 0.5) is 4.39 Å². The van der Waals surface area contributed by atoms with Crippen molar-refractivity contribution in [3.8, 4) is 23.0 Å². The number of phenols is 1. The van der Waals surface area contributed by atoms with Crippen molar-refractivity contribution in [3.63, 3.8) is 0 Å². The molecule has 11 heteroatoms. The Balaban J connectivity index is 1.30. The monoisotopic (exact) mass is 643 g/mol. The van der Waals surface area contributed by atoms with E-state index in [1.165, 1.54) is 32.2 Å². The summed E-state index contributed by atoms with van der Waals surface area (Å²) >= 11 is 5.91. The fraction of sp³-hybridized carbons (Fsp3) is 0.171. The van der Waals surface area contributed by atoms with Gasteiger partial charge < -0.3 is 29.7 Å². The van der Waals surface area contributed by atoms with Gasteiger partial charge in [0.05, 0.1) is 17.7 Å². The average Bonchev–Trinajstić information content (AvgIpc) is 3.33. The predicted octanol–water partition coefficient (Wildman–Crippen LogP) is 6.37. The number of ether oxygens (including phenoxy) is 3. The van der Waals surface area contributed by atoms with Crippen LogP contribution in [0.25, 0.3) is 10.8 Å². The molecule has 0 unspecified atom stereocenters. The number of nitrogens with one attached hydrogen (secondary N) is 1. The fourth-order valence-corrected chi connectivity index (χ4v) is 6.09. The molecule has 0 bridgehead atoms. The first-order chi connectivity index (χ1) is 21.9. The summed E-state index contributed by atoms with van der Waals surface area (Å²) in [5.41, 5.74) is -0.737. The van der Waals surface area contributed by atoms with Crippen molar-refractivity contribution in [3.05, 3.63) is 117 Å². The molecular formula is C35H27ClFNO8. The summed E-state index contributed by atoms with van der Waals surface area (Å²) in [6.45, 7) is 2.84. The number of fused-ring (bicyclic) bond motifs is 4. The lowest BCUT2D eigenvalue weighted by Gasteiger charge is -2.27. The third kappa shape index (κ3) is 4.91. The summed E-state index contributed by atoms with van der Waals surface area (Å²) < 4.78 is 31.0. The van der Waals surface area contributed by atoms with E-state index in [2.05, 4.69) is 5.32 Å². The van der Waals surface area contributed by atoms with Gasteiger partial charge in [-0.05, 0) is 48.6 Å². The lowest BCUT2D eigenvalue weighted by Crippen LogP contribution is -2.38. The predicted molar refractivity (Wildman–Crippen MR) is 167 cm³/mol. The Morgan fingerprint density at radius 2 is 1.78 bits per heavy atom. The number of aliphatic hydroxyl groups is 1. The Morgan fingerprint density at radius 3 is 2.48 bits per heavy atom. The van der Waals surface area contributed by atoms with Crippen LogP contribution < -0.4 is 19.5 Å². The number of halogens is 2. The smallest absolute Gasteiger partial charge is 0.259 e. The zero-order valence-corrected chi connectivity index (χ0v) is 25.6. The molecule has 0 fully saturated rings. The van der Waals surface area contributed by atoms with Crippen LogP contribution >= 0.6 is 11.6 Å². The number of rotatable bonds is 8. The molecule has 0 saturated carbocycles. The summed E-state index contributed by atoms with van der Waals surface area (Å²) in [6.07, 6.45) is 1.15. The number of amides is 1. The van der Waals surface area contributed by atoms with Crippen molar-refractivity contribution >= 4 is 39.8 Å². The number of aromatic hydroxyl groups is 1. The third-order valence-corrected chi connectivity index (χ3v) is 8.52. The highest BCUT2D eigenvalue weighted by atomic mass is 35.5. The quantitative estimate of drug-likeness (QED) is 0.189. The van der Waals surface area contributed by atoms with Gasteiger partial charge in [-0.15, -0.1) is 0 Å². The van der Waals surface area contributed by atoms with Gasteiger partial charge in [-0.1, -0.05) is 48.0 Å². The topological polar surface area (TPSA) is 131 Å². The molecule has 2 aliphatic rings. The molecule has 9 nitrogen and oxygen atoms in total. The first-order valence-electron chi connectivity index (χ1n) is 14.1. The molecule has 234 valence electrons. The number of methoxy groups -OCH3 is 1. The van der Waals surface area contributed by atoms with E-state index in [1.54, 1.807) is 18.2 Å². The molecule has 1 aliphatic carbocycles. The Hall–Kier alpha value is -5.35. The van der Waals surface area contributed by atoms with Crippen LogP contribution in [0.2, 0.25) is 5.02 Å². The van der Waals surface area contributed by atoms with E-state index in [1.807, 2.05) is 24.3 Å². The van der Waals surface area contributed by atoms with Gasteiger partial charge in [-0.25, -0.2) is 4.39 Å². The number of aliphatic hydroxyl groups excluding tert-OH is 1. The van der Waals surface area contributed by atoms with Gasteiger partial charge >= 0.3 is 0 Å². The van der Waals surface area contributed by atoms with Crippen LogP contribution in [0.15, 0.2) is 83.8 Å². The number of allylic oxidation sites excluding steroid dienone is 3. The van der Waals surface area contributed by atoms with Crippen molar-refractivity contribution in [1.82, 2.24) is 5.32 Å². The van der Waals surface area contributed by atoms with Gasteiger partial charge in [0, 0.05) is 24.1 Å². The highest BCUT2D eigenvalue weighted by molar-refractivity contribution is 6.30. The number of phenolic OH excluding ortho intramolecular Hbond substituents is 1. The van der Waals surface area contributed by atoms with E-state index in [-0.39, 0.29) is 52.3 Å². The zero-order chi connectivity index (χ0) is 32.9. The molecule has 0 aromatic heterocycles. The maximum Gasteiger partial charge on any atom is 0.259 e. The van der Waals surface area contributed by atoms with E-state index in [0.717, 1.165) is 29.3 Å². The SMILES string of the molecule is COc1cc(O)c2c(c1C(=O)NCc1ccc(OCc3ccc(F)c(Cl)c3)c3ccccc13)OC1=CC(O)=C(C(C)=O)C(=O)[C@]12C. The van der Waals surface area contributed by atoms with E-state index in [9.17, 15) is 29.0 Å². The van der Waals surface area contributed by atoms with Gasteiger partial charge in [-0.3, -0.25) is 14.4 Å². The summed E-state index contributed by atoms with van der Waals surface area (Å²) in [6, 6.07) is 16.6. The highest BCUT2D eigenvalue weighted by Gasteiger charge is 2.55. The van der Waals surface area contributed by atoms with Crippen molar-refractivity contribution in [1.29, 1.82) is 0 Å². The van der Waals surface area contributed by atoms with Crippen molar-refractivity contribution in [2.75, 3.05) is 7.11 Å². The van der Waals surface area contributed by atoms with Crippen molar-refractivity contribution < 1.29 is 43.2 Å². The number of Topliss-reactive ketones (excluding diaryl/α,β-unsaturated/α-hetero) is 2. The second-order valence-corrected chi connectivity index (χ2v) is 11.5. The Bertz CT molecular complexity index is 2050. The number of hydrogen-bond acceptors (Lipinski definition) is 8. The van der Waals surface area contributed by atoms with Crippen LogP contribution in [0.1, 0.15) is 40.9 Å². The van der Waals surface area contributed by atoms with Crippen LogP contribution in [-0.4, -0.2) is 34.8 Å². The summed E-state index contributed by atoms with van der Waals surface area (Å²) in [7, 11) is 1.32. The van der Waals surface area contributed by atoms with Crippen LogP contribution in [0, 0.1) is 5.82 Å². The minimum Gasteiger partial charge on any atom is -0.507 e. The third-order valence-electron chi connectivity index (χ3n) is 8.23. The maximum atomic E-state index is 13.8. The summed E-state index contributed by atoms with van der Waals surface area (Å²) in [4.78, 5) is 39.5. The second kappa shape index (κ2) is 11.5. The van der Waals surface area contributed by atoms with Gasteiger partial charge in [0.2, 0.25) is 0 Å². The summed E-state index contributed by atoms with van der Waals surface area (Å²) in [5, 5.41) is 25.9. The molecule has 1 atom stereocenters. The van der Waals surface area contributed by atoms with Crippen LogP contribution in [-0.2, 0) is 28.2 Å². The second-order valence-electron chi connectivity index (χ2n) is 11.0. The molecule has 3 N–H and O–H groups in total. The number of carbonyl (C=O) groups is 3. The van der Waals surface area contributed by atoms with Crippen LogP contribution in [0.3, 0.4) is 0 Å². The molecule has 1 amide bonds.